The highest BCUT2D eigenvalue weighted by atomic mass is 16.2. The average Bonchev–Trinajstić information content (AvgIpc) is 3.21. The Morgan fingerprint density at radius 2 is 1.90 bits per heavy atom. The zero-order valence-electron chi connectivity index (χ0n) is 22.8. The maximum atomic E-state index is 13.4. The lowest BCUT2D eigenvalue weighted by Crippen LogP contribution is -2.53. The van der Waals surface area contributed by atoms with Gasteiger partial charge in [0.15, 0.2) is 0 Å². The number of allylic oxidation sites excluding steroid dienone is 1. The quantitative estimate of drug-likeness (QED) is 0.355. The standard InChI is InChI=1S/C30H38N6O3/c1-30(2,17-32)18-35-12-10-21(11-13-35)33-16-19(15-31)14-20-6-7-24-27-22(20)4-3-5-23(27)29(39)36(24)25-8-9-26(37)34-28(25)38/h3-7,15-16,21,25H,8-14,17-18,31-32H2,1-2H3,(H,34,37,38). The second-order valence-electron chi connectivity index (χ2n) is 11.7. The molecule has 206 valence electrons. The van der Waals surface area contributed by atoms with Crippen molar-refractivity contribution in [1.29, 1.82) is 0 Å². The van der Waals surface area contributed by atoms with Gasteiger partial charge in [-0.2, -0.15) is 0 Å². The van der Waals surface area contributed by atoms with Gasteiger partial charge in [0.1, 0.15) is 6.04 Å². The van der Waals surface area contributed by atoms with Crippen LogP contribution in [0.2, 0.25) is 0 Å². The molecule has 0 saturated carbocycles. The van der Waals surface area contributed by atoms with Crippen molar-refractivity contribution in [3.63, 3.8) is 0 Å². The van der Waals surface area contributed by atoms with E-state index in [0.29, 0.717) is 30.6 Å². The second-order valence-corrected chi connectivity index (χ2v) is 11.7. The predicted molar refractivity (Wildman–Crippen MR) is 154 cm³/mol. The predicted octanol–water partition coefficient (Wildman–Crippen LogP) is 2.51. The molecule has 0 spiro atoms. The Labute approximate surface area is 229 Å². The van der Waals surface area contributed by atoms with Crippen molar-refractivity contribution in [3.8, 4) is 0 Å². The lowest BCUT2D eigenvalue weighted by Gasteiger charge is -2.36. The molecule has 0 aliphatic carbocycles. The number of hydrogen-bond acceptors (Lipinski definition) is 7. The number of rotatable bonds is 8. The number of hydrogen-bond donors (Lipinski definition) is 3. The first-order valence-electron chi connectivity index (χ1n) is 13.8. The fourth-order valence-corrected chi connectivity index (χ4v) is 5.92. The summed E-state index contributed by atoms with van der Waals surface area (Å²) in [6.07, 6.45) is 6.62. The van der Waals surface area contributed by atoms with Gasteiger partial charge in [-0.15, -0.1) is 0 Å². The summed E-state index contributed by atoms with van der Waals surface area (Å²) < 4.78 is 0. The van der Waals surface area contributed by atoms with Crippen molar-refractivity contribution >= 4 is 40.4 Å². The average molecular weight is 531 g/mol. The first-order chi connectivity index (χ1) is 18.7. The SMILES string of the molecule is CC(C)(CN)CN1CCC(N=CC(=CN)Cc2ccc3c4c(cccc24)C(=O)N3C2CCC(=O)NC2=O)CC1. The first kappa shape index (κ1) is 27.0. The van der Waals surface area contributed by atoms with Gasteiger partial charge in [-0.25, -0.2) is 0 Å². The Hall–Kier alpha value is -3.56. The van der Waals surface area contributed by atoms with Crippen LogP contribution in [0, 0.1) is 5.41 Å². The summed E-state index contributed by atoms with van der Waals surface area (Å²) in [7, 11) is 0. The van der Waals surface area contributed by atoms with Crippen molar-refractivity contribution in [2.24, 2.45) is 21.9 Å². The number of carbonyl (C=O) groups is 3. The molecule has 1 unspecified atom stereocenters. The second kappa shape index (κ2) is 10.9. The Morgan fingerprint density at radius 1 is 1.13 bits per heavy atom. The molecule has 5 rings (SSSR count). The van der Waals surface area contributed by atoms with Crippen molar-refractivity contribution in [1.82, 2.24) is 10.2 Å². The smallest absolute Gasteiger partial charge is 0.259 e. The van der Waals surface area contributed by atoms with Crippen LogP contribution in [-0.4, -0.2) is 67.1 Å². The number of nitrogens with zero attached hydrogens (tertiary/aromatic N) is 3. The Kier molecular flexibility index (Phi) is 7.55. The van der Waals surface area contributed by atoms with E-state index in [1.54, 1.807) is 17.2 Å². The van der Waals surface area contributed by atoms with Gasteiger partial charge in [-0.3, -0.25) is 29.6 Å². The molecule has 3 aliphatic heterocycles. The summed E-state index contributed by atoms with van der Waals surface area (Å²) in [4.78, 5) is 46.5. The van der Waals surface area contributed by atoms with Crippen LogP contribution in [0.15, 0.2) is 47.1 Å². The molecule has 2 fully saturated rings. The molecular weight excluding hydrogens is 492 g/mol. The Bertz CT molecular complexity index is 1360. The van der Waals surface area contributed by atoms with Gasteiger partial charge in [0.05, 0.1) is 11.7 Å². The monoisotopic (exact) mass is 530 g/mol. The van der Waals surface area contributed by atoms with E-state index in [4.69, 9.17) is 16.5 Å². The number of benzene rings is 2. The van der Waals surface area contributed by atoms with E-state index in [1.807, 2.05) is 30.5 Å². The third-order valence-corrected chi connectivity index (χ3v) is 8.16. The molecule has 0 radical (unpaired) electrons. The van der Waals surface area contributed by atoms with E-state index < -0.39 is 11.9 Å². The maximum Gasteiger partial charge on any atom is 0.259 e. The van der Waals surface area contributed by atoms with E-state index >= 15 is 0 Å². The van der Waals surface area contributed by atoms with Gasteiger partial charge in [-0.1, -0.05) is 32.0 Å². The summed E-state index contributed by atoms with van der Waals surface area (Å²) in [5.74, 6) is -0.938. The van der Waals surface area contributed by atoms with Crippen molar-refractivity contribution in [2.45, 2.75) is 58.0 Å². The van der Waals surface area contributed by atoms with Gasteiger partial charge in [0, 0.05) is 49.6 Å². The zero-order chi connectivity index (χ0) is 27.7. The van der Waals surface area contributed by atoms with E-state index in [0.717, 1.165) is 54.4 Å². The highest BCUT2D eigenvalue weighted by Gasteiger charge is 2.40. The summed E-state index contributed by atoms with van der Waals surface area (Å²) in [5, 5.41) is 4.17. The molecule has 2 aromatic rings. The molecule has 3 heterocycles. The highest BCUT2D eigenvalue weighted by molar-refractivity contribution is 6.27. The number of nitrogens with two attached hydrogens (primary N) is 2. The molecular formula is C30H38N6O3. The van der Waals surface area contributed by atoms with Crippen molar-refractivity contribution in [2.75, 3.05) is 31.1 Å². The summed E-state index contributed by atoms with van der Waals surface area (Å²) in [6.45, 7) is 8.12. The molecule has 3 amide bonds. The molecule has 2 aromatic carbocycles. The van der Waals surface area contributed by atoms with Gasteiger partial charge >= 0.3 is 0 Å². The first-order valence-corrected chi connectivity index (χ1v) is 13.8. The van der Waals surface area contributed by atoms with Crippen molar-refractivity contribution < 1.29 is 14.4 Å². The largest absolute Gasteiger partial charge is 0.404 e. The minimum Gasteiger partial charge on any atom is -0.404 e. The fourth-order valence-electron chi connectivity index (χ4n) is 5.92. The van der Waals surface area contributed by atoms with Crippen LogP contribution < -0.4 is 21.7 Å². The summed E-state index contributed by atoms with van der Waals surface area (Å²) >= 11 is 0. The minimum absolute atomic E-state index is 0.120. The highest BCUT2D eigenvalue weighted by Crippen LogP contribution is 2.41. The molecule has 5 N–H and O–H groups in total. The third-order valence-electron chi connectivity index (χ3n) is 8.16. The van der Waals surface area contributed by atoms with Crippen LogP contribution in [0.5, 0.6) is 0 Å². The normalized spacial score (nSPS) is 21.4. The van der Waals surface area contributed by atoms with Crippen LogP contribution in [0.4, 0.5) is 5.69 Å². The fraction of sp³-hybridized carbons (Fsp3) is 0.467. The number of nitrogens with one attached hydrogen (secondary N) is 1. The summed E-state index contributed by atoms with van der Waals surface area (Å²) in [6, 6.07) is 9.14. The van der Waals surface area contributed by atoms with Crippen LogP contribution in [-0.2, 0) is 16.0 Å². The number of anilines is 1. The number of amides is 3. The molecule has 39 heavy (non-hydrogen) atoms. The molecule has 0 aromatic heterocycles. The van der Waals surface area contributed by atoms with Gasteiger partial charge < -0.3 is 16.4 Å². The number of aliphatic imine (C=N–C) groups is 1. The van der Waals surface area contributed by atoms with E-state index in [2.05, 4.69) is 24.1 Å². The van der Waals surface area contributed by atoms with Gasteiger partial charge in [0.25, 0.3) is 5.91 Å². The Morgan fingerprint density at radius 3 is 2.59 bits per heavy atom. The third kappa shape index (κ3) is 5.46. The zero-order valence-corrected chi connectivity index (χ0v) is 22.8. The van der Waals surface area contributed by atoms with E-state index in [1.165, 1.54) is 0 Å². The Balaban J connectivity index is 1.31. The van der Waals surface area contributed by atoms with Crippen molar-refractivity contribution in [3.05, 3.63) is 53.2 Å². The van der Waals surface area contributed by atoms with Crippen LogP contribution in [0.3, 0.4) is 0 Å². The molecule has 1 atom stereocenters. The maximum absolute atomic E-state index is 13.4. The van der Waals surface area contributed by atoms with Crippen LogP contribution in [0.1, 0.15) is 55.5 Å². The minimum atomic E-state index is -0.698. The van der Waals surface area contributed by atoms with Gasteiger partial charge in [0.2, 0.25) is 11.8 Å². The number of carbonyl (C=O) groups excluding carboxylic acids is 3. The van der Waals surface area contributed by atoms with E-state index in [-0.39, 0.29) is 29.7 Å². The van der Waals surface area contributed by atoms with E-state index in [9.17, 15) is 14.4 Å². The molecule has 3 aliphatic rings. The summed E-state index contributed by atoms with van der Waals surface area (Å²) in [5.41, 5.74) is 15.3. The number of piperidine rings is 2. The molecule has 2 saturated heterocycles. The number of likely N-dealkylation sites (tertiary alicyclic amines) is 1. The van der Waals surface area contributed by atoms with Crippen LogP contribution in [0.25, 0.3) is 10.8 Å². The van der Waals surface area contributed by atoms with Crippen LogP contribution >= 0.6 is 0 Å². The molecule has 9 heteroatoms. The van der Waals surface area contributed by atoms with Gasteiger partial charge in [-0.05, 0) is 66.1 Å². The lowest BCUT2D eigenvalue weighted by atomic mass is 9.92. The number of imide groups is 1. The lowest BCUT2D eigenvalue weighted by molar-refractivity contribution is -0.134. The molecule has 0 bridgehead atoms. The topological polar surface area (TPSA) is 134 Å². The molecule has 9 nitrogen and oxygen atoms in total.